The van der Waals surface area contributed by atoms with Crippen LogP contribution in [0.5, 0.6) is 23.0 Å². The van der Waals surface area contributed by atoms with Gasteiger partial charge in [-0.3, -0.25) is 29.1 Å². The maximum absolute atomic E-state index is 13.5. The summed E-state index contributed by atoms with van der Waals surface area (Å²) in [5.41, 5.74) is 0.661. The number of fused-ring (bicyclic) bond motifs is 2. The summed E-state index contributed by atoms with van der Waals surface area (Å²) in [6, 6.07) is 16.7. The molecule has 0 atom stereocenters. The lowest BCUT2D eigenvalue weighted by Gasteiger charge is -2.44. The number of rotatable bonds is 14. The summed E-state index contributed by atoms with van der Waals surface area (Å²) in [6.07, 6.45) is 11.5. The second-order valence-corrected chi connectivity index (χ2v) is 18.2. The molecule has 5 aromatic rings. The van der Waals surface area contributed by atoms with Crippen LogP contribution in [0.3, 0.4) is 0 Å². The molecule has 16 heteroatoms. The van der Waals surface area contributed by atoms with Crippen LogP contribution in [0.2, 0.25) is 0 Å². The number of nitrogens with zero attached hydrogens (tertiary/aromatic N) is 4. The molecule has 0 radical (unpaired) electrons. The van der Waals surface area contributed by atoms with Crippen LogP contribution >= 0.6 is 0 Å². The molecule has 4 fully saturated rings. The fourth-order valence-electron chi connectivity index (χ4n) is 9.99. The number of aromatic nitrogens is 4. The number of carboxylic acid groups (broad SMARTS) is 1. The molecule has 4 N–H and O–H groups in total. The number of carboxylic acids is 1. The van der Waals surface area contributed by atoms with Gasteiger partial charge in [0.15, 0.2) is 23.0 Å². The van der Waals surface area contributed by atoms with E-state index in [1.807, 2.05) is 35.2 Å². The van der Waals surface area contributed by atoms with E-state index in [1.54, 1.807) is 38.5 Å². The maximum atomic E-state index is 13.5. The van der Waals surface area contributed by atoms with Crippen molar-refractivity contribution in [1.82, 2.24) is 25.3 Å². The predicted octanol–water partition coefficient (Wildman–Crippen LogP) is 6.84. The first-order chi connectivity index (χ1) is 31.5. The minimum absolute atomic E-state index is 0.148. The zero-order valence-electron chi connectivity index (χ0n) is 37.9. The molecular formula is C49H61N7O9. The smallest absolute Gasteiger partial charge is 0.309 e. The van der Waals surface area contributed by atoms with E-state index in [0.29, 0.717) is 114 Å². The molecule has 3 aromatic carbocycles. The number of methoxy groups -OCH3 is 4. The quantitative estimate of drug-likeness (QED) is 0.0905. The number of hydrogen-bond acceptors (Lipinski definition) is 12. The lowest BCUT2D eigenvalue weighted by molar-refractivity contribution is -0.152. The van der Waals surface area contributed by atoms with Gasteiger partial charge in [-0.2, -0.15) is 0 Å². The number of benzene rings is 3. The molecule has 0 unspecified atom stereocenters. The van der Waals surface area contributed by atoms with Gasteiger partial charge < -0.3 is 39.2 Å². The van der Waals surface area contributed by atoms with Crippen molar-refractivity contribution in [3.8, 4) is 23.0 Å². The summed E-state index contributed by atoms with van der Waals surface area (Å²) in [4.78, 5) is 70.3. The Morgan fingerprint density at radius 2 is 1.08 bits per heavy atom. The second kappa shape index (κ2) is 19.4. The first kappa shape index (κ1) is 45.3. The number of piperidine rings is 2. The van der Waals surface area contributed by atoms with Crippen LogP contribution in [0.1, 0.15) is 82.6 Å². The van der Waals surface area contributed by atoms with Gasteiger partial charge in [0, 0.05) is 44.9 Å². The van der Waals surface area contributed by atoms with Gasteiger partial charge in [-0.1, -0.05) is 68.9 Å². The Balaban J connectivity index is 0.000000181. The maximum Gasteiger partial charge on any atom is 0.309 e. The van der Waals surface area contributed by atoms with Gasteiger partial charge in [0.05, 0.1) is 61.1 Å². The third-order valence-electron chi connectivity index (χ3n) is 14.5. The summed E-state index contributed by atoms with van der Waals surface area (Å²) in [6.45, 7) is 2.97. The largest absolute Gasteiger partial charge is 0.493 e. The minimum Gasteiger partial charge on any atom is -0.493 e. The van der Waals surface area contributed by atoms with Gasteiger partial charge in [0.25, 0.3) is 11.1 Å². The molecule has 2 aliphatic carbocycles. The van der Waals surface area contributed by atoms with Crippen molar-refractivity contribution < 1.29 is 33.6 Å². The number of nitrogens with one attached hydrogen (secondary N) is 3. The van der Waals surface area contributed by atoms with Crippen molar-refractivity contribution in [1.29, 1.82) is 0 Å². The summed E-state index contributed by atoms with van der Waals surface area (Å²) in [5.74, 6) is 3.62. The summed E-state index contributed by atoms with van der Waals surface area (Å²) < 4.78 is 21.3. The highest BCUT2D eigenvalue weighted by atomic mass is 16.5. The SMILES string of the molecule is COc1cc2nc(N3CCC(CC4CCC4)(C(=O)NCc4ccccc4)CC3)[nH]c(=O)c2cc1OC.COc1cc2nc(N3CCC(CC4CCC4)(C(=O)O)CC3)[nH]c(=O)c2cc1OC. The van der Waals surface area contributed by atoms with Gasteiger partial charge >= 0.3 is 5.97 Å². The monoisotopic (exact) mass is 891 g/mol. The summed E-state index contributed by atoms with van der Waals surface area (Å²) >= 11 is 0. The van der Waals surface area contributed by atoms with Crippen LogP contribution in [0.25, 0.3) is 21.8 Å². The first-order valence-electron chi connectivity index (χ1n) is 22.8. The minimum atomic E-state index is -0.694. The molecule has 1 amide bonds. The molecule has 2 aromatic heterocycles. The van der Waals surface area contributed by atoms with Crippen LogP contribution in [0, 0.1) is 22.7 Å². The van der Waals surface area contributed by atoms with E-state index >= 15 is 0 Å². The number of ether oxygens (including phenoxy) is 4. The van der Waals surface area contributed by atoms with Crippen LogP contribution in [0.4, 0.5) is 11.9 Å². The van der Waals surface area contributed by atoms with Crippen LogP contribution in [-0.4, -0.2) is 91.5 Å². The van der Waals surface area contributed by atoms with Crippen LogP contribution in [-0.2, 0) is 16.1 Å². The number of aromatic amines is 2. The van der Waals surface area contributed by atoms with E-state index in [2.05, 4.69) is 25.2 Å². The van der Waals surface area contributed by atoms with E-state index in [1.165, 1.54) is 39.9 Å². The van der Waals surface area contributed by atoms with Gasteiger partial charge in [0.1, 0.15) is 0 Å². The summed E-state index contributed by atoms with van der Waals surface area (Å²) in [7, 11) is 6.16. The van der Waals surface area contributed by atoms with Crippen LogP contribution in [0.15, 0.2) is 64.2 Å². The third-order valence-corrected chi connectivity index (χ3v) is 14.5. The zero-order valence-corrected chi connectivity index (χ0v) is 37.9. The molecule has 4 heterocycles. The molecular weight excluding hydrogens is 831 g/mol. The molecule has 2 aliphatic heterocycles. The van der Waals surface area contributed by atoms with Crippen LogP contribution < -0.4 is 45.2 Å². The Morgan fingerprint density at radius 3 is 1.48 bits per heavy atom. The van der Waals surface area contributed by atoms with Crippen molar-refractivity contribution in [2.24, 2.45) is 22.7 Å². The molecule has 0 bridgehead atoms. The Kier molecular flexibility index (Phi) is 13.5. The molecule has 2 saturated heterocycles. The van der Waals surface area contributed by atoms with E-state index < -0.39 is 11.4 Å². The predicted molar refractivity (Wildman–Crippen MR) is 249 cm³/mol. The van der Waals surface area contributed by atoms with Crippen molar-refractivity contribution in [3.63, 3.8) is 0 Å². The molecule has 346 valence electrons. The topological polar surface area (TPSA) is 201 Å². The standard InChI is InChI=1S/C28H34N4O4.C21H27N3O5/c1-35-23-15-21-22(16-24(23)36-2)30-27(31-25(21)33)32-13-11-28(12-14-32,17-19-9-6-10-19)26(34)29-18-20-7-4-3-5-8-20;1-28-16-10-14-15(11-17(16)29-2)22-20(23-18(14)25)24-8-6-21(7-9-24,19(26)27)12-13-4-3-5-13/h3-5,7-8,15-16,19H,6,9-14,17-18H2,1-2H3,(H,29,34)(H,30,31,33);10-11,13H,3-9,12H2,1-2H3,(H,26,27)(H,22,23,25). The van der Waals surface area contributed by atoms with Crippen molar-refractivity contribution in [2.75, 3.05) is 64.4 Å². The lowest BCUT2D eigenvalue weighted by Crippen LogP contribution is -2.50. The van der Waals surface area contributed by atoms with Crippen molar-refractivity contribution in [2.45, 2.75) is 83.6 Å². The number of anilines is 2. The number of carbonyl (C=O) groups is 2. The molecule has 0 spiro atoms. The highest BCUT2D eigenvalue weighted by Gasteiger charge is 2.45. The fraction of sp³-hybridized carbons (Fsp3) is 0.510. The average Bonchev–Trinajstić information content (AvgIpc) is 3.30. The van der Waals surface area contributed by atoms with Crippen molar-refractivity contribution in [3.05, 3.63) is 80.9 Å². The number of hydrogen-bond donors (Lipinski definition) is 4. The molecule has 2 saturated carbocycles. The Labute approximate surface area is 378 Å². The Hall–Kier alpha value is -6.32. The van der Waals surface area contributed by atoms with Gasteiger partial charge in [-0.25, -0.2) is 9.97 Å². The summed E-state index contributed by atoms with van der Waals surface area (Å²) in [5, 5.41) is 14.0. The molecule has 65 heavy (non-hydrogen) atoms. The Bertz CT molecular complexity index is 2610. The number of aliphatic carboxylic acids is 1. The van der Waals surface area contributed by atoms with E-state index in [0.717, 1.165) is 44.1 Å². The average molecular weight is 892 g/mol. The van der Waals surface area contributed by atoms with Gasteiger partial charge in [-0.15, -0.1) is 0 Å². The zero-order chi connectivity index (χ0) is 45.7. The molecule has 9 rings (SSSR count). The Morgan fingerprint density at radius 1 is 0.662 bits per heavy atom. The van der Waals surface area contributed by atoms with E-state index in [9.17, 15) is 24.3 Å². The lowest BCUT2D eigenvalue weighted by atomic mass is 9.67. The molecule has 16 nitrogen and oxygen atoms in total. The third kappa shape index (κ3) is 9.57. The highest BCUT2D eigenvalue weighted by Crippen LogP contribution is 2.46. The van der Waals surface area contributed by atoms with Gasteiger partial charge in [-0.05, 0) is 68.1 Å². The van der Waals surface area contributed by atoms with E-state index in [-0.39, 0.29) is 22.4 Å². The van der Waals surface area contributed by atoms with Gasteiger partial charge in [0.2, 0.25) is 17.8 Å². The number of carbonyl (C=O) groups excluding carboxylic acids is 1. The highest BCUT2D eigenvalue weighted by molar-refractivity contribution is 5.85. The molecule has 4 aliphatic rings. The number of H-pyrrole nitrogens is 2. The fourth-order valence-corrected chi connectivity index (χ4v) is 9.99. The second-order valence-electron chi connectivity index (χ2n) is 18.2. The normalized spacial score (nSPS) is 18.2. The van der Waals surface area contributed by atoms with E-state index in [4.69, 9.17) is 23.9 Å². The van der Waals surface area contributed by atoms with Crippen molar-refractivity contribution >= 4 is 45.6 Å². The first-order valence-corrected chi connectivity index (χ1v) is 22.8. The number of amides is 1.